The number of aryl methyl sites for hydroxylation is 1. The molecule has 0 unspecified atom stereocenters. The highest BCUT2D eigenvalue weighted by Gasteiger charge is 2.01. The van der Waals surface area contributed by atoms with Gasteiger partial charge in [0.05, 0.1) is 5.35 Å². The fraction of sp³-hybridized carbons (Fsp3) is 0.308. The van der Waals surface area contributed by atoms with Crippen LogP contribution in [0, 0.1) is 6.92 Å². The standard InChI is InChI=1S/C13H17N/c1-8(2)12-7-10(5)14-11(6)13(12)9(3)4/h7H,1,6H2,2-5H3. The summed E-state index contributed by atoms with van der Waals surface area (Å²) in [4.78, 5) is 4.36. The maximum Gasteiger partial charge on any atom is 0.0638 e. The van der Waals surface area contributed by atoms with E-state index in [1.807, 2.05) is 13.8 Å². The monoisotopic (exact) mass is 187 g/mol. The number of rotatable bonds is 1. The first-order valence-electron chi connectivity index (χ1n) is 4.73. The van der Waals surface area contributed by atoms with Crippen molar-refractivity contribution in [2.75, 3.05) is 0 Å². The van der Waals surface area contributed by atoms with Crippen molar-refractivity contribution in [2.24, 2.45) is 0 Å². The molecule has 0 bridgehead atoms. The van der Waals surface area contributed by atoms with Crippen LogP contribution in [-0.2, 0) is 0 Å². The first-order chi connectivity index (χ1) is 6.43. The Labute approximate surface area is 85.5 Å². The molecule has 0 fully saturated rings. The van der Waals surface area contributed by atoms with Crippen molar-refractivity contribution in [2.45, 2.75) is 27.7 Å². The third-order valence-corrected chi connectivity index (χ3v) is 2.18. The molecular weight excluding hydrogens is 170 g/mol. The van der Waals surface area contributed by atoms with Crippen LogP contribution < -0.4 is 10.6 Å². The molecule has 0 aliphatic heterocycles. The van der Waals surface area contributed by atoms with Crippen molar-refractivity contribution in [1.29, 1.82) is 0 Å². The molecule has 14 heavy (non-hydrogen) atoms. The normalized spacial score (nSPS) is 10.0. The predicted octanol–water partition coefficient (Wildman–Crippen LogP) is 2.02. The number of hydrogen-bond donors (Lipinski definition) is 0. The summed E-state index contributed by atoms with van der Waals surface area (Å²) in [6.07, 6.45) is 0. The summed E-state index contributed by atoms with van der Waals surface area (Å²) in [5, 5.41) is 1.99. The summed E-state index contributed by atoms with van der Waals surface area (Å²) in [5.41, 5.74) is 4.47. The van der Waals surface area contributed by atoms with Gasteiger partial charge in [-0.25, -0.2) is 0 Å². The van der Waals surface area contributed by atoms with Crippen molar-refractivity contribution in [3.8, 4) is 0 Å². The highest BCUT2D eigenvalue weighted by molar-refractivity contribution is 5.64. The summed E-state index contributed by atoms with van der Waals surface area (Å²) in [7, 11) is 0. The fourth-order valence-corrected chi connectivity index (χ4v) is 1.63. The fourth-order valence-electron chi connectivity index (χ4n) is 1.63. The van der Waals surface area contributed by atoms with Crippen LogP contribution >= 0.6 is 0 Å². The highest BCUT2D eigenvalue weighted by Crippen LogP contribution is 2.06. The van der Waals surface area contributed by atoms with Crippen molar-refractivity contribution in [1.82, 2.24) is 4.98 Å². The molecule has 0 aliphatic rings. The van der Waals surface area contributed by atoms with E-state index in [0.717, 1.165) is 21.8 Å². The van der Waals surface area contributed by atoms with Gasteiger partial charge in [-0.3, -0.25) is 4.98 Å². The Bertz CT molecular complexity index is 477. The maximum atomic E-state index is 4.36. The lowest BCUT2D eigenvalue weighted by Crippen LogP contribution is -2.32. The third kappa shape index (κ3) is 1.92. The lowest BCUT2D eigenvalue weighted by Gasteiger charge is -2.05. The lowest BCUT2D eigenvalue weighted by molar-refractivity contribution is 1.12. The van der Waals surface area contributed by atoms with Gasteiger partial charge in [-0.2, -0.15) is 0 Å². The molecule has 0 saturated heterocycles. The van der Waals surface area contributed by atoms with Crippen LogP contribution in [0.4, 0.5) is 0 Å². The van der Waals surface area contributed by atoms with Crippen LogP contribution in [0.1, 0.15) is 32.0 Å². The van der Waals surface area contributed by atoms with E-state index in [-0.39, 0.29) is 0 Å². The van der Waals surface area contributed by atoms with Crippen molar-refractivity contribution in [3.05, 3.63) is 34.5 Å². The highest BCUT2D eigenvalue weighted by atomic mass is 14.7. The summed E-state index contributed by atoms with van der Waals surface area (Å²) in [5.74, 6) is 0. The van der Waals surface area contributed by atoms with Gasteiger partial charge in [0, 0.05) is 10.9 Å². The van der Waals surface area contributed by atoms with Gasteiger partial charge < -0.3 is 0 Å². The Hall–Kier alpha value is -1.37. The second kappa shape index (κ2) is 3.79. The zero-order chi connectivity index (χ0) is 10.9. The summed E-state index contributed by atoms with van der Waals surface area (Å²) >= 11 is 0. The van der Waals surface area contributed by atoms with Gasteiger partial charge in [-0.1, -0.05) is 24.3 Å². The molecule has 0 spiro atoms. The maximum absolute atomic E-state index is 4.36. The van der Waals surface area contributed by atoms with E-state index in [4.69, 9.17) is 0 Å². The van der Waals surface area contributed by atoms with Crippen LogP contribution in [0.3, 0.4) is 0 Å². The topological polar surface area (TPSA) is 12.9 Å². The Kier molecular flexibility index (Phi) is 2.90. The molecule has 1 rings (SSSR count). The van der Waals surface area contributed by atoms with Crippen LogP contribution in [0.5, 0.6) is 0 Å². The SMILES string of the molecule is C=C(C)c1cc(C)nc(=C)c1=C(C)C. The minimum Gasteiger partial charge on any atom is -0.254 e. The number of allylic oxidation sites excluding steroid dienone is 1. The van der Waals surface area contributed by atoms with E-state index in [1.165, 1.54) is 11.1 Å². The zero-order valence-electron chi connectivity index (χ0n) is 9.44. The van der Waals surface area contributed by atoms with E-state index in [2.05, 4.69) is 38.1 Å². The third-order valence-electron chi connectivity index (χ3n) is 2.18. The van der Waals surface area contributed by atoms with Gasteiger partial charge in [0.15, 0.2) is 0 Å². The van der Waals surface area contributed by atoms with Crippen molar-refractivity contribution < 1.29 is 0 Å². The molecule has 0 amide bonds. The quantitative estimate of drug-likeness (QED) is 0.655. The Morgan fingerprint density at radius 2 is 1.86 bits per heavy atom. The van der Waals surface area contributed by atoms with Gasteiger partial charge in [-0.15, -0.1) is 0 Å². The molecule has 1 nitrogen and oxygen atoms in total. The van der Waals surface area contributed by atoms with E-state index in [0.29, 0.717) is 0 Å². The first-order valence-corrected chi connectivity index (χ1v) is 4.73. The van der Waals surface area contributed by atoms with E-state index in [9.17, 15) is 0 Å². The molecule has 1 heteroatoms. The van der Waals surface area contributed by atoms with Gasteiger partial charge in [0.1, 0.15) is 0 Å². The van der Waals surface area contributed by atoms with Crippen molar-refractivity contribution >= 4 is 17.7 Å². The van der Waals surface area contributed by atoms with Crippen LogP contribution in [0.2, 0.25) is 0 Å². The molecule has 1 aromatic rings. The molecular formula is C13H17N. The van der Waals surface area contributed by atoms with Gasteiger partial charge in [0.25, 0.3) is 0 Å². The van der Waals surface area contributed by atoms with E-state index < -0.39 is 0 Å². The van der Waals surface area contributed by atoms with Gasteiger partial charge in [-0.05, 0) is 39.3 Å². The molecule has 0 atom stereocenters. The average Bonchev–Trinajstić information content (AvgIpc) is 2.01. The van der Waals surface area contributed by atoms with Gasteiger partial charge >= 0.3 is 0 Å². The molecule has 0 aromatic carbocycles. The number of hydrogen-bond acceptors (Lipinski definition) is 1. The second-order valence-electron chi connectivity index (χ2n) is 3.91. The van der Waals surface area contributed by atoms with Crippen molar-refractivity contribution in [3.63, 3.8) is 0 Å². The molecule has 1 heterocycles. The Morgan fingerprint density at radius 3 is 2.29 bits per heavy atom. The first kappa shape index (κ1) is 10.7. The minimum atomic E-state index is 0.850. The number of pyridine rings is 1. The number of nitrogens with zero attached hydrogens (tertiary/aromatic N) is 1. The molecule has 0 N–H and O–H groups in total. The van der Waals surface area contributed by atoms with E-state index in [1.54, 1.807) is 0 Å². The molecule has 74 valence electrons. The van der Waals surface area contributed by atoms with Crippen LogP contribution in [0.15, 0.2) is 12.6 Å². The zero-order valence-corrected chi connectivity index (χ0v) is 9.44. The lowest BCUT2D eigenvalue weighted by atomic mass is 10.0. The Morgan fingerprint density at radius 1 is 1.29 bits per heavy atom. The van der Waals surface area contributed by atoms with Gasteiger partial charge in [0.2, 0.25) is 0 Å². The molecule has 0 saturated carbocycles. The Balaban J connectivity index is 3.82. The second-order valence-corrected chi connectivity index (χ2v) is 3.91. The van der Waals surface area contributed by atoms with Crippen LogP contribution in [-0.4, -0.2) is 4.98 Å². The smallest absolute Gasteiger partial charge is 0.0638 e. The molecule has 0 aliphatic carbocycles. The summed E-state index contributed by atoms with van der Waals surface area (Å²) < 4.78 is 0. The van der Waals surface area contributed by atoms with E-state index >= 15 is 0 Å². The summed E-state index contributed by atoms with van der Waals surface area (Å²) in [6, 6.07) is 2.07. The number of aromatic nitrogens is 1. The largest absolute Gasteiger partial charge is 0.254 e. The summed E-state index contributed by atoms with van der Waals surface area (Å²) in [6.45, 7) is 16.1. The molecule has 1 aromatic heterocycles. The molecule has 0 radical (unpaired) electrons. The average molecular weight is 187 g/mol. The predicted molar refractivity (Wildman–Crippen MR) is 63.2 cm³/mol. The minimum absolute atomic E-state index is 0.850. The van der Waals surface area contributed by atoms with Crippen LogP contribution in [0.25, 0.3) is 17.7 Å².